The molecule has 1 aromatic rings. The first-order valence-electron chi connectivity index (χ1n) is 6.38. The summed E-state index contributed by atoms with van der Waals surface area (Å²) in [6.07, 6.45) is -4.33. The topological polar surface area (TPSA) is 52.6 Å². The van der Waals surface area contributed by atoms with Gasteiger partial charge in [-0.3, -0.25) is 0 Å². The lowest BCUT2D eigenvalue weighted by Gasteiger charge is -2.30. The molecule has 2 amide bonds. The third kappa shape index (κ3) is 3.84. The molecule has 1 aromatic carbocycles. The minimum absolute atomic E-state index is 0.0639. The van der Waals surface area contributed by atoms with E-state index in [0.29, 0.717) is 25.5 Å². The second kappa shape index (κ2) is 5.88. The zero-order valence-corrected chi connectivity index (χ0v) is 11.0. The van der Waals surface area contributed by atoms with Crippen molar-refractivity contribution in [2.45, 2.75) is 25.1 Å². The number of carbonyl (C=O) groups excluding carboxylic acids is 1. The van der Waals surface area contributed by atoms with E-state index in [4.69, 9.17) is 0 Å². The molecule has 21 heavy (non-hydrogen) atoms. The molecular formula is C13H14F4N2O2. The monoisotopic (exact) mass is 306 g/mol. The van der Waals surface area contributed by atoms with E-state index in [9.17, 15) is 27.5 Å². The number of amides is 2. The van der Waals surface area contributed by atoms with E-state index in [1.54, 1.807) is 0 Å². The number of aliphatic hydroxyl groups is 1. The molecule has 0 saturated carbocycles. The molecule has 0 bridgehead atoms. The average Bonchev–Trinajstić information content (AvgIpc) is 2.39. The van der Waals surface area contributed by atoms with Crippen LogP contribution < -0.4 is 5.32 Å². The van der Waals surface area contributed by atoms with E-state index >= 15 is 0 Å². The van der Waals surface area contributed by atoms with Crippen molar-refractivity contribution >= 4 is 11.7 Å². The molecule has 1 heterocycles. The smallest absolute Gasteiger partial charge is 0.391 e. The Morgan fingerprint density at radius 2 is 2.10 bits per heavy atom. The molecule has 1 aliphatic heterocycles. The number of benzene rings is 1. The molecule has 2 rings (SSSR count). The number of halogens is 4. The predicted molar refractivity (Wildman–Crippen MR) is 67.2 cm³/mol. The summed E-state index contributed by atoms with van der Waals surface area (Å²) in [6.45, 7) is 0.416. The highest BCUT2D eigenvalue weighted by atomic mass is 19.4. The second-order valence-electron chi connectivity index (χ2n) is 4.86. The fraction of sp³-hybridized carbons (Fsp3) is 0.462. The molecular weight excluding hydrogens is 292 g/mol. The van der Waals surface area contributed by atoms with Crippen LogP contribution in [0.3, 0.4) is 0 Å². The number of nitrogens with one attached hydrogen (secondary N) is 1. The Morgan fingerprint density at radius 1 is 1.38 bits per heavy atom. The van der Waals surface area contributed by atoms with E-state index in [1.165, 1.54) is 4.90 Å². The lowest BCUT2D eigenvalue weighted by atomic mass is 10.1. The third-order valence-corrected chi connectivity index (χ3v) is 3.21. The highest BCUT2D eigenvalue weighted by Gasteiger charge is 2.35. The van der Waals surface area contributed by atoms with Crippen LogP contribution >= 0.6 is 0 Å². The van der Waals surface area contributed by atoms with Crippen LogP contribution in [0.25, 0.3) is 0 Å². The lowest BCUT2D eigenvalue weighted by molar-refractivity contribution is -0.137. The van der Waals surface area contributed by atoms with Gasteiger partial charge in [-0.25, -0.2) is 9.18 Å². The van der Waals surface area contributed by atoms with Gasteiger partial charge in [-0.2, -0.15) is 13.2 Å². The van der Waals surface area contributed by atoms with Crippen molar-refractivity contribution in [2.24, 2.45) is 0 Å². The van der Waals surface area contributed by atoms with Gasteiger partial charge in [0.2, 0.25) is 0 Å². The molecule has 0 aromatic heterocycles. The van der Waals surface area contributed by atoms with Crippen LogP contribution in [0, 0.1) is 5.82 Å². The second-order valence-corrected chi connectivity index (χ2v) is 4.86. The Hall–Kier alpha value is -1.83. The first-order chi connectivity index (χ1) is 9.77. The zero-order chi connectivity index (χ0) is 15.6. The van der Waals surface area contributed by atoms with Crippen LogP contribution in [0.1, 0.15) is 18.4 Å². The van der Waals surface area contributed by atoms with Crippen LogP contribution in [-0.4, -0.2) is 35.2 Å². The van der Waals surface area contributed by atoms with Gasteiger partial charge in [0, 0.05) is 13.1 Å². The first-order valence-corrected chi connectivity index (χ1v) is 6.38. The summed E-state index contributed by atoms with van der Waals surface area (Å²) in [4.78, 5) is 13.2. The van der Waals surface area contributed by atoms with Gasteiger partial charge in [-0.1, -0.05) is 0 Å². The van der Waals surface area contributed by atoms with Gasteiger partial charge in [-0.15, -0.1) is 0 Å². The minimum Gasteiger partial charge on any atom is -0.391 e. The number of β-amino-alcohol motifs (C(OH)–C–C–N with tert-alkyl or cyclic N) is 1. The van der Waals surface area contributed by atoms with E-state index in [-0.39, 0.29) is 6.54 Å². The van der Waals surface area contributed by atoms with Crippen molar-refractivity contribution in [1.29, 1.82) is 0 Å². The quantitative estimate of drug-likeness (QED) is 0.784. The summed E-state index contributed by atoms with van der Waals surface area (Å²) in [5, 5.41) is 11.6. The lowest BCUT2D eigenvalue weighted by Crippen LogP contribution is -2.44. The first kappa shape index (κ1) is 15.6. The maximum absolute atomic E-state index is 13.0. The molecule has 1 unspecified atom stereocenters. The molecule has 0 radical (unpaired) electrons. The maximum atomic E-state index is 13.0. The molecule has 1 fully saturated rings. The maximum Gasteiger partial charge on any atom is 0.418 e. The number of anilines is 1. The van der Waals surface area contributed by atoms with Gasteiger partial charge in [0.1, 0.15) is 5.82 Å². The highest BCUT2D eigenvalue weighted by Crippen LogP contribution is 2.35. The van der Waals surface area contributed by atoms with E-state index < -0.39 is 35.4 Å². The number of carbonyl (C=O) groups is 1. The van der Waals surface area contributed by atoms with Crippen molar-refractivity contribution < 1.29 is 27.5 Å². The molecule has 0 aliphatic carbocycles. The Bertz CT molecular complexity index is 533. The largest absolute Gasteiger partial charge is 0.418 e. The van der Waals surface area contributed by atoms with Gasteiger partial charge in [-0.05, 0) is 31.0 Å². The number of likely N-dealkylation sites (tertiary alicyclic amines) is 1. The van der Waals surface area contributed by atoms with Crippen LogP contribution in [0.2, 0.25) is 0 Å². The van der Waals surface area contributed by atoms with Crippen molar-refractivity contribution in [3.8, 4) is 0 Å². The van der Waals surface area contributed by atoms with Crippen molar-refractivity contribution in [1.82, 2.24) is 4.90 Å². The minimum atomic E-state index is -4.77. The summed E-state index contributed by atoms with van der Waals surface area (Å²) in [6, 6.07) is 1.30. The molecule has 2 N–H and O–H groups in total. The fourth-order valence-electron chi connectivity index (χ4n) is 2.19. The highest BCUT2D eigenvalue weighted by molar-refractivity contribution is 5.90. The van der Waals surface area contributed by atoms with Gasteiger partial charge in [0.25, 0.3) is 0 Å². The number of alkyl halides is 3. The number of rotatable bonds is 1. The number of nitrogens with zero attached hydrogens (tertiary/aromatic N) is 1. The summed E-state index contributed by atoms with van der Waals surface area (Å²) in [5.74, 6) is -1.03. The number of hydrogen-bond donors (Lipinski definition) is 2. The number of urea groups is 1. The SMILES string of the molecule is O=C(Nc1ccc(F)cc1C(F)(F)F)N1CCCC(O)C1. The van der Waals surface area contributed by atoms with Crippen LogP contribution in [0.4, 0.5) is 28.0 Å². The summed E-state index contributed by atoms with van der Waals surface area (Å²) < 4.78 is 51.4. The zero-order valence-electron chi connectivity index (χ0n) is 11.0. The van der Waals surface area contributed by atoms with Gasteiger partial charge in [0.05, 0.1) is 17.4 Å². The molecule has 1 saturated heterocycles. The molecule has 1 atom stereocenters. The molecule has 8 heteroatoms. The number of hydrogen-bond acceptors (Lipinski definition) is 2. The molecule has 4 nitrogen and oxygen atoms in total. The van der Waals surface area contributed by atoms with Crippen LogP contribution in [0.5, 0.6) is 0 Å². The van der Waals surface area contributed by atoms with E-state index in [2.05, 4.69) is 5.32 Å². The fourth-order valence-corrected chi connectivity index (χ4v) is 2.19. The van der Waals surface area contributed by atoms with Gasteiger partial charge < -0.3 is 15.3 Å². The Labute approximate surface area is 118 Å². The summed E-state index contributed by atoms with van der Waals surface area (Å²) in [5.41, 5.74) is -1.75. The van der Waals surface area contributed by atoms with Crippen molar-refractivity contribution in [2.75, 3.05) is 18.4 Å². The van der Waals surface area contributed by atoms with E-state index in [0.717, 1.165) is 12.1 Å². The van der Waals surface area contributed by atoms with Crippen molar-refractivity contribution in [3.63, 3.8) is 0 Å². The molecule has 116 valence electrons. The Kier molecular flexibility index (Phi) is 4.36. The Morgan fingerprint density at radius 3 is 2.71 bits per heavy atom. The van der Waals surface area contributed by atoms with Crippen LogP contribution in [0.15, 0.2) is 18.2 Å². The Balaban J connectivity index is 2.17. The van der Waals surface area contributed by atoms with E-state index in [1.807, 2.05) is 0 Å². The van der Waals surface area contributed by atoms with Crippen LogP contribution in [-0.2, 0) is 6.18 Å². The average molecular weight is 306 g/mol. The van der Waals surface area contributed by atoms with Gasteiger partial charge >= 0.3 is 12.2 Å². The third-order valence-electron chi connectivity index (χ3n) is 3.21. The molecule has 1 aliphatic rings. The normalized spacial score (nSPS) is 19.5. The van der Waals surface area contributed by atoms with Crippen molar-refractivity contribution in [3.05, 3.63) is 29.6 Å². The number of piperidine rings is 1. The standard InChI is InChI=1S/C13H14F4N2O2/c14-8-3-4-11(10(6-8)13(15,16)17)18-12(21)19-5-1-2-9(20)7-19/h3-4,6,9,20H,1-2,5,7H2,(H,18,21). The molecule has 0 spiro atoms. The summed E-state index contributed by atoms with van der Waals surface area (Å²) >= 11 is 0. The predicted octanol–water partition coefficient (Wildman–Crippen LogP) is 2.83. The number of aliphatic hydroxyl groups excluding tert-OH is 1. The summed E-state index contributed by atoms with van der Waals surface area (Å²) in [7, 11) is 0. The van der Waals surface area contributed by atoms with Gasteiger partial charge in [0.15, 0.2) is 0 Å².